The van der Waals surface area contributed by atoms with E-state index in [1.165, 1.54) is 18.4 Å². The summed E-state index contributed by atoms with van der Waals surface area (Å²) < 4.78 is 1.07. The minimum atomic E-state index is 0.0786. The lowest BCUT2D eigenvalue weighted by Crippen LogP contribution is -2.40. The first-order valence-corrected chi connectivity index (χ1v) is 6.55. The van der Waals surface area contributed by atoms with E-state index in [1.807, 2.05) is 12.1 Å². The van der Waals surface area contributed by atoms with Gasteiger partial charge in [0.15, 0.2) is 0 Å². The second-order valence-electron chi connectivity index (χ2n) is 4.84. The monoisotopic (exact) mass is 279 g/mol. The summed E-state index contributed by atoms with van der Waals surface area (Å²) in [6.45, 7) is 3.04. The van der Waals surface area contributed by atoms with Crippen LogP contribution in [0.3, 0.4) is 0 Å². The zero-order valence-corrected chi connectivity index (χ0v) is 10.8. The molecule has 1 heterocycles. The number of benzene rings is 1. The lowest BCUT2D eigenvalue weighted by molar-refractivity contribution is 0.0936. The van der Waals surface area contributed by atoms with E-state index in [-0.39, 0.29) is 11.3 Å². The van der Waals surface area contributed by atoms with Crippen LogP contribution in [0.4, 0.5) is 0 Å². The molecule has 0 aromatic heterocycles. The molecule has 1 aliphatic carbocycles. The highest BCUT2D eigenvalue weighted by molar-refractivity contribution is 9.10. The summed E-state index contributed by atoms with van der Waals surface area (Å²) in [6, 6.07) is 6.01. The molecule has 2 atom stereocenters. The van der Waals surface area contributed by atoms with Gasteiger partial charge in [0.2, 0.25) is 0 Å². The zero-order valence-electron chi connectivity index (χ0n) is 9.22. The van der Waals surface area contributed by atoms with E-state index < -0.39 is 0 Å². The third-order valence-electron chi connectivity index (χ3n) is 4.05. The number of carbonyl (C=O) groups is 1. The van der Waals surface area contributed by atoms with Gasteiger partial charge in [-0.15, -0.1) is 0 Å². The molecule has 1 saturated carbocycles. The maximum atomic E-state index is 11.8. The third-order valence-corrected chi connectivity index (χ3v) is 4.55. The van der Waals surface area contributed by atoms with Gasteiger partial charge in [0.25, 0.3) is 5.91 Å². The molecule has 2 unspecified atom stereocenters. The maximum absolute atomic E-state index is 11.8. The summed E-state index contributed by atoms with van der Waals surface area (Å²) in [4.78, 5) is 11.8. The first kappa shape index (κ1) is 10.3. The van der Waals surface area contributed by atoms with E-state index >= 15 is 0 Å². The Kier molecular flexibility index (Phi) is 2.15. The van der Waals surface area contributed by atoms with E-state index in [2.05, 4.69) is 34.2 Å². The SMILES string of the molecule is CCC1CC12CNC(=O)c1ccc(Br)cc12. The third kappa shape index (κ3) is 1.27. The van der Waals surface area contributed by atoms with Crippen molar-refractivity contribution in [1.29, 1.82) is 0 Å². The summed E-state index contributed by atoms with van der Waals surface area (Å²) in [5.74, 6) is 0.816. The highest BCUT2D eigenvalue weighted by Gasteiger charge is 2.56. The maximum Gasteiger partial charge on any atom is 0.251 e. The van der Waals surface area contributed by atoms with Gasteiger partial charge >= 0.3 is 0 Å². The fourth-order valence-corrected chi connectivity index (χ4v) is 3.38. The van der Waals surface area contributed by atoms with E-state index in [9.17, 15) is 4.79 Å². The highest BCUT2D eigenvalue weighted by atomic mass is 79.9. The molecule has 1 N–H and O–H groups in total. The molecule has 1 aromatic carbocycles. The topological polar surface area (TPSA) is 29.1 Å². The van der Waals surface area contributed by atoms with Crippen molar-refractivity contribution in [3.63, 3.8) is 0 Å². The van der Waals surface area contributed by atoms with E-state index in [0.29, 0.717) is 0 Å². The number of carbonyl (C=O) groups excluding carboxylic acids is 1. The Balaban J connectivity index is 2.13. The number of hydrogen-bond donors (Lipinski definition) is 1. The fraction of sp³-hybridized carbons (Fsp3) is 0.462. The zero-order chi connectivity index (χ0) is 11.3. The van der Waals surface area contributed by atoms with Crippen molar-refractivity contribution in [3.8, 4) is 0 Å². The number of nitrogens with one attached hydrogen (secondary N) is 1. The molecule has 1 amide bonds. The van der Waals surface area contributed by atoms with Gasteiger partial charge in [-0.3, -0.25) is 4.79 Å². The Bertz CT molecular complexity index is 471. The number of halogens is 1. The fourth-order valence-electron chi connectivity index (χ4n) is 3.02. The first-order valence-electron chi connectivity index (χ1n) is 5.75. The second-order valence-corrected chi connectivity index (χ2v) is 5.75. The molecule has 1 aromatic rings. The first-order chi connectivity index (χ1) is 7.67. The second kappa shape index (κ2) is 3.33. The average Bonchev–Trinajstić information content (AvgIpc) is 2.99. The minimum Gasteiger partial charge on any atom is -0.351 e. The van der Waals surface area contributed by atoms with E-state index in [0.717, 1.165) is 22.5 Å². The Labute approximate surface area is 104 Å². The minimum absolute atomic E-state index is 0.0786. The van der Waals surface area contributed by atoms with Crippen molar-refractivity contribution in [1.82, 2.24) is 5.32 Å². The molecule has 1 fully saturated rings. The van der Waals surface area contributed by atoms with Crippen LogP contribution in [0.25, 0.3) is 0 Å². The highest BCUT2D eigenvalue weighted by Crippen LogP contribution is 2.57. The van der Waals surface area contributed by atoms with Gasteiger partial charge in [0, 0.05) is 22.0 Å². The molecule has 84 valence electrons. The van der Waals surface area contributed by atoms with Crippen LogP contribution < -0.4 is 5.32 Å². The van der Waals surface area contributed by atoms with Crippen molar-refractivity contribution < 1.29 is 4.79 Å². The summed E-state index contributed by atoms with van der Waals surface area (Å²) in [5, 5.41) is 3.02. The van der Waals surface area contributed by atoms with Gasteiger partial charge in [0.05, 0.1) is 0 Å². The van der Waals surface area contributed by atoms with Gasteiger partial charge in [-0.2, -0.15) is 0 Å². The van der Waals surface area contributed by atoms with Gasteiger partial charge < -0.3 is 5.32 Å². The van der Waals surface area contributed by atoms with Crippen molar-refractivity contribution in [3.05, 3.63) is 33.8 Å². The smallest absolute Gasteiger partial charge is 0.251 e. The predicted molar refractivity (Wildman–Crippen MR) is 66.6 cm³/mol. The quantitative estimate of drug-likeness (QED) is 0.842. The Morgan fingerprint density at radius 1 is 1.56 bits per heavy atom. The Morgan fingerprint density at radius 3 is 3.06 bits per heavy atom. The average molecular weight is 280 g/mol. The largest absolute Gasteiger partial charge is 0.351 e. The molecule has 3 heteroatoms. The summed E-state index contributed by atoms with van der Waals surface area (Å²) in [7, 11) is 0. The van der Waals surface area contributed by atoms with Crippen molar-refractivity contribution in [2.75, 3.05) is 6.54 Å². The lowest BCUT2D eigenvalue weighted by atomic mass is 9.85. The standard InChI is InChI=1S/C13H14BrNO/c1-2-8-6-13(8)7-15-12(16)10-4-3-9(14)5-11(10)13/h3-5,8H,2,6-7H2,1H3,(H,15,16). The van der Waals surface area contributed by atoms with Gasteiger partial charge in [0.1, 0.15) is 0 Å². The molecule has 0 radical (unpaired) electrons. The van der Waals surface area contributed by atoms with Crippen molar-refractivity contribution in [2.45, 2.75) is 25.2 Å². The Hall–Kier alpha value is -0.830. The van der Waals surface area contributed by atoms with Crippen LogP contribution >= 0.6 is 15.9 Å². The molecule has 2 nitrogen and oxygen atoms in total. The molecule has 16 heavy (non-hydrogen) atoms. The molecule has 1 spiro atoms. The van der Waals surface area contributed by atoms with Crippen molar-refractivity contribution >= 4 is 21.8 Å². The number of hydrogen-bond acceptors (Lipinski definition) is 1. The van der Waals surface area contributed by atoms with E-state index in [1.54, 1.807) is 0 Å². The number of rotatable bonds is 1. The predicted octanol–water partition coefficient (Wildman–Crippen LogP) is 2.86. The molecular weight excluding hydrogens is 266 g/mol. The molecule has 1 aliphatic heterocycles. The molecule has 2 aliphatic rings. The Morgan fingerprint density at radius 2 is 2.38 bits per heavy atom. The summed E-state index contributed by atoms with van der Waals surface area (Å²) >= 11 is 3.50. The van der Waals surface area contributed by atoms with Crippen LogP contribution in [-0.4, -0.2) is 12.5 Å². The molecule has 0 saturated heterocycles. The van der Waals surface area contributed by atoms with Crippen LogP contribution in [0.5, 0.6) is 0 Å². The van der Waals surface area contributed by atoms with E-state index in [4.69, 9.17) is 0 Å². The number of amides is 1. The van der Waals surface area contributed by atoms with Crippen LogP contribution in [0.2, 0.25) is 0 Å². The summed E-state index contributed by atoms with van der Waals surface area (Å²) in [6.07, 6.45) is 2.41. The van der Waals surface area contributed by atoms with Crippen LogP contribution in [0.1, 0.15) is 35.7 Å². The molecule has 0 bridgehead atoms. The van der Waals surface area contributed by atoms with Gasteiger partial charge in [-0.25, -0.2) is 0 Å². The van der Waals surface area contributed by atoms with Gasteiger partial charge in [-0.1, -0.05) is 29.3 Å². The van der Waals surface area contributed by atoms with Crippen LogP contribution in [0.15, 0.2) is 22.7 Å². The van der Waals surface area contributed by atoms with Gasteiger partial charge in [-0.05, 0) is 36.1 Å². The lowest BCUT2D eigenvalue weighted by Gasteiger charge is -2.27. The van der Waals surface area contributed by atoms with Crippen molar-refractivity contribution in [2.24, 2.45) is 5.92 Å². The normalized spacial score (nSPS) is 31.1. The molecule has 3 rings (SSSR count). The van der Waals surface area contributed by atoms with Crippen LogP contribution in [-0.2, 0) is 5.41 Å². The van der Waals surface area contributed by atoms with Crippen LogP contribution in [0, 0.1) is 5.92 Å². The summed E-state index contributed by atoms with van der Waals surface area (Å²) in [5.41, 5.74) is 2.35. The number of fused-ring (bicyclic) bond motifs is 2. The molecular formula is C13H14BrNO.